The standard InChI is InChI=1S/C13H10BrClO2S/c14-9-5-11(18-13(9)15)12(16)8-6-17-10-4-2-1-3-7(8)10/h1-5,8,12,16H,6H2. The maximum absolute atomic E-state index is 10.5. The molecule has 0 saturated carbocycles. The summed E-state index contributed by atoms with van der Waals surface area (Å²) in [5, 5.41) is 10.5. The van der Waals surface area contributed by atoms with Gasteiger partial charge in [0.15, 0.2) is 0 Å². The van der Waals surface area contributed by atoms with Gasteiger partial charge >= 0.3 is 0 Å². The molecule has 0 bridgehead atoms. The molecule has 1 N–H and O–H groups in total. The van der Waals surface area contributed by atoms with Gasteiger partial charge in [0.05, 0.1) is 18.6 Å². The minimum atomic E-state index is -0.581. The van der Waals surface area contributed by atoms with Gasteiger partial charge in [0.25, 0.3) is 0 Å². The number of aliphatic hydroxyl groups excluding tert-OH is 1. The number of benzene rings is 1. The van der Waals surface area contributed by atoms with Crippen molar-refractivity contribution in [3.8, 4) is 5.75 Å². The Labute approximate surface area is 122 Å². The van der Waals surface area contributed by atoms with E-state index in [0.29, 0.717) is 10.9 Å². The molecule has 1 aromatic carbocycles. The molecule has 18 heavy (non-hydrogen) atoms. The van der Waals surface area contributed by atoms with Crippen LogP contribution in [0.15, 0.2) is 34.8 Å². The van der Waals surface area contributed by atoms with E-state index in [1.807, 2.05) is 30.3 Å². The first kappa shape index (κ1) is 12.5. The Hall–Kier alpha value is -0.550. The highest BCUT2D eigenvalue weighted by Gasteiger charge is 2.32. The highest BCUT2D eigenvalue weighted by atomic mass is 79.9. The Bertz CT molecular complexity index is 565. The van der Waals surface area contributed by atoms with Gasteiger partial charge < -0.3 is 9.84 Å². The van der Waals surface area contributed by atoms with E-state index in [-0.39, 0.29) is 5.92 Å². The van der Waals surface area contributed by atoms with E-state index in [1.54, 1.807) is 0 Å². The zero-order chi connectivity index (χ0) is 12.7. The molecule has 0 radical (unpaired) electrons. The smallest absolute Gasteiger partial charge is 0.123 e. The Morgan fingerprint density at radius 2 is 2.22 bits per heavy atom. The largest absolute Gasteiger partial charge is 0.493 e. The van der Waals surface area contributed by atoms with Gasteiger partial charge in [0.2, 0.25) is 0 Å². The first-order chi connectivity index (χ1) is 8.66. The molecule has 0 spiro atoms. The summed E-state index contributed by atoms with van der Waals surface area (Å²) in [4.78, 5) is 0.858. The predicted molar refractivity (Wildman–Crippen MR) is 76.7 cm³/mol. The molecule has 0 fully saturated rings. The number of rotatable bonds is 2. The van der Waals surface area contributed by atoms with Crippen molar-refractivity contribution < 1.29 is 9.84 Å². The van der Waals surface area contributed by atoms with E-state index in [1.165, 1.54) is 11.3 Å². The maximum atomic E-state index is 10.5. The van der Waals surface area contributed by atoms with E-state index >= 15 is 0 Å². The number of hydrogen-bond donors (Lipinski definition) is 1. The van der Waals surface area contributed by atoms with E-state index in [0.717, 1.165) is 20.7 Å². The summed E-state index contributed by atoms with van der Waals surface area (Å²) in [6, 6.07) is 9.70. The summed E-state index contributed by atoms with van der Waals surface area (Å²) in [6.45, 7) is 0.508. The summed E-state index contributed by atoms with van der Waals surface area (Å²) in [5.74, 6) is 0.839. The molecule has 2 heterocycles. The summed E-state index contributed by atoms with van der Waals surface area (Å²) in [7, 11) is 0. The summed E-state index contributed by atoms with van der Waals surface area (Å²) in [5.41, 5.74) is 1.06. The highest BCUT2D eigenvalue weighted by Crippen LogP contribution is 2.44. The minimum Gasteiger partial charge on any atom is -0.493 e. The molecule has 5 heteroatoms. The fraction of sp³-hybridized carbons (Fsp3) is 0.231. The fourth-order valence-electron chi connectivity index (χ4n) is 2.16. The first-order valence-corrected chi connectivity index (χ1v) is 7.50. The summed E-state index contributed by atoms with van der Waals surface area (Å²) < 4.78 is 7.08. The van der Waals surface area contributed by atoms with Crippen LogP contribution in [-0.4, -0.2) is 11.7 Å². The second-order valence-electron chi connectivity index (χ2n) is 4.17. The lowest BCUT2D eigenvalue weighted by atomic mass is 9.94. The maximum Gasteiger partial charge on any atom is 0.123 e. The number of halogens is 2. The van der Waals surface area contributed by atoms with Gasteiger partial charge in [0.1, 0.15) is 10.1 Å². The first-order valence-electron chi connectivity index (χ1n) is 5.51. The summed E-state index contributed by atoms with van der Waals surface area (Å²) in [6.07, 6.45) is -0.581. The van der Waals surface area contributed by atoms with E-state index < -0.39 is 6.10 Å². The van der Waals surface area contributed by atoms with E-state index in [2.05, 4.69) is 15.9 Å². The molecule has 1 aliphatic rings. The second-order valence-corrected chi connectivity index (χ2v) is 6.71. The molecule has 1 aromatic heterocycles. The molecule has 2 unspecified atom stereocenters. The number of ether oxygens (including phenoxy) is 1. The average molecular weight is 346 g/mol. The Kier molecular flexibility index (Phi) is 3.36. The van der Waals surface area contributed by atoms with Crippen LogP contribution in [-0.2, 0) is 0 Å². The topological polar surface area (TPSA) is 29.5 Å². The van der Waals surface area contributed by atoms with Crippen molar-refractivity contribution in [2.24, 2.45) is 0 Å². The zero-order valence-corrected chi connectivity index (χ0v) is 12.4. The van der Waals surface area contributed by atoms with Crippen molar-refractivity contribution >= 4 is 38.9 Å². The van der Waals surface area contributed by atoms with Gasteiger partial charge in [-0.05, 0) is 28.1 Å². The highest BCUT2D eigenvalue weighted by molar-refractivity contribution is 9.10. The Balaban J connectivity index is 1.92. The van der Waals surface area contributed by atoms with E-state index in [9.17, 15) is 5.11 Å². The molecule has 94 valence electrons. The molecule has 3 rings (SSSR count). The normalized spacial score (nSPS) is 19.4. The number of thiophene rings is 1. The molecule has 0 aliphatic carbocycles. The van der Waals surface area contributed by atoms with Crippen LogP contribution >= 0.6 is 38.9 Å². The third-order valence-electron chi connectivity index (χ3n) is 3.07. The molecular formula is C13H10BrClO2S. The lowest BCUT2D eigenvalue weighted by Crippen LogP contribution is -2.11. The van der Waals surface area contributed by atoms with Crippen LogP contribution in [0.3, 0.4) is 0 Å². The van der Waals surface area contributed by atoms with Gasteiger partial charge in [-0.2, -0.15) is 0 Å². The van der Waals surface area contributed by atoms with Crippen molar-refractivity contribution in [1.29, 1.82) is 0 Å². The van der Waals surface area contributed by atoms with Crippen molar-refractivity contribution in [2.45, 2.75) is 12.0 Å². The molecular weight excluding hydrogens is 336 g/mol. The van der Waals surface area contributed by atoms with Gasteiger partial charge in [-0.25, -0.2) is 0 Å². The van der Waals surface area contributed by atoms with Gasteiger partial charge in [-0.1, -0.05) is 29.8 Å². The van der Waals surface area contributed by atoms with Crippen molar-refractivity contribution in [3.05, 3.63) is 49.6 Å². The van der Waals surface area contributed by atoms with Crippen LogP contribution in [0.2, 0.25) is 4.34 Å². The molecule has 0 saturated heterocycles. The quantitative estimate of drug-likeness (QED) is 0.875. The van der Waals surface area contributed by atoms with Crippen molar-refractivity contribution in [3.63, 3.8) is 0 Å². The lowest BCUT2D eigenvalue weighted by molar-refractivity contribution is 0.133. The molecule has 1 aliphatic heterocycles. The average Bonchev–Trinajstić information content (AvgIpc) is 2.93. The monoisotopic (exact) mass is 344 g/mol. The molecule has 2 aromatic rings. The number of aliphatic hydroxyl groups is 1. The molecule has 2 atom stereocenters. The second kappa shape index (κ2) is 4.85. The predicted octanol–water partition coefficient (Wildman–Crippen LogP) is 4.37. The number of para-hydroxylation sites is 1. The van der Waals surface area contributed by atoms with Crippen LogP contribution in [0.25, 0.3) is 0 Å². The molecule has 2 nitrogen and oxygen atoms in total. The van der Waals surface area contributed by atoms with Gasteiger partial charge in [-0.15, -0.1) is 11.3 Å². The van der Waals surface area contributed by atoms with Gasteiger partial charge in [-0.3, -0.25) is 0 Å². The van der Waals surface area contributed by atoms with Crippen molar-refractivity contribution in [2.75, 3.05) is 6.61 Å². The lowest BCUT2D eigenvalue weighted by Gasteiger charge is -2.15. The number of fused-ring (bicyclic) bond motifs is 1. The van der Waals surface area contributed by atoms with Crippen LogP contribution in [0.4, 0.5) is 0 Å². The molecule has 0 amide bonds. The van der Waals surface area contributed by atoms with Gasteiger partial charge in [0, 0.05) is 14.9 Å². The summed E-state index contributed by atoms with van der Waals surface area (Å²) >= 11 is 10.8. The Morgan fingerprint density at radius 1 is 1.44 bits per heavy atom. The minimum absolute atomic E-state index is 0.0252. The van der Waals surface area contributed by atoms with Crippen molar-refractivity contribution in [1.82, 2.24) is 0 Å². The third kappa shape index (κ3) is 2.07. The fourth-order valence-corrected chi connectivity index (χ4v) is 3.94. The van der Waals surface area contributed by atoms with E-state index in [4.69, 9.17) is 16.3 Å². The zero-order valence-electron chi connectivity index (χ0n) is 9.27. The van der Waals surface area contributed by atoms with Crippen LogP contribution in [0.5, 0.6) is 5.75 Å². The Morgan fingerprint density at radius 3 is 2.94 bits per heavy atom. The number of hydrogen-bond acceptors (Lipinski definition) is 3. The van der Waals surface area contributed by atoms with Crippen LogP contribution in [0, 0.1) is 0 Å². The van der Waals surface area contributed by atoms with Crippen LogP contribution in [0.1, 0.15) is 22.5 Å². The SMILES string of the molecule is OC(c1cc(Br)c(Cl)s1)C1COc2ccccc21. The van der Waals surface area contributed by atoms with Crippen LogP contribution < -0.4 is 4.74 Å². The third-order valence-corrected chi connectivity index (χ3v) is 5.62.